The summed E-state index contributed by atoms with van der Waals surface area (Å²) in [6, 6.07) is 8.67. The van der Waals surface area contributed by atoms with E-state index in [1.54, 1.807) is 6.07 Å². The number of nitrogens with zero attached hydrogens (tertiary/aromatic N) is 1. The molecular weight excluding hydrogens is 298 g/mol. The van der Waals surface area contributed by atoms with E-state index in [4.69, 9.17) is 9.84 Å². The molecular formula is C13H10BrNO3. The minimum atomic E-state index is -1.08. The molecule has 0 unspecified atom stereocenters. The molecule has 0 spiro atoms. The first-order valence-corrected chi connectivity index (χ1v) is 5.99. The molecule has 0 atom stereocenters. The number of hydrogen-bond acceptors (Lipinski definition) is 3. The largest absolute Gasteiger partial charge is 0.477 e. The molecule has 0 aliphatic heterocycles. The Morgan fingerprint density at radius 1 is 1.33 bits per heavy atom. The van der Waals surface area contributed by atoms with Crippen molar-refractivity contribution in [2.75, 3.05) is 0 Å². The topological polar surface area (TPSA) is 59.4 Å². The fourth-order valence-corrected chi connectivity index (χ4v) is 1.74. The van der Waals surface area contributed by atoms with Crippen LogP contribution in [0.15, 0.2) is 41.0 Å². The second-order valence-electron chi connectivity index (χ2n) is 3.69. The Bertz CT molecular complexity index is 599. The number of carboxylic acid groups (broad SMARTS) is 1. The first kappa shape index (κ1) is 12.6. The van der Waals surface area contributed by atoms with Crippen LogP contribution >= 0.6 is 15.9 Å². The summed E-state index contributed by atoms with van der Waals surface area (Å²) in [6.45, 7) is 1.92. The van der Waals surface area contributed by atoms with Gasteiger partial charge in [-0.25, -0.2) is 9.78 Å². The Balaban J connectivity index is 2.31. The van der Waals surface area contributed by atoms with Crippen LogP contribution in [-0.2, 0) is 0 Å². The van der Waals surface area contributed by atoms with Crippen LogP contribution in [0.1, 0.15) is 16.1 Å². The Labute approximate surface area is 112 Å². The SMILES string of the molecule is Cc1ccc(Br)cc1Oc1ccnc(C(=O)O)c1. The number of aromatic nitrogens is 1. The summed E-state index contributed by atoms with van der Waals surface area (Å²) in [5, 5.41) is 8.85. The molecule has 4 nitrogen and oxygen atoms in total. The normalized spacial score (nSPS) is 10.1. The molecule has 1 aromatic carbocycles. The van der Waals surface area contributed by atoms with Crippen LogP contribution in [-0.4, -0.2) is 16.1 Å². The maximum Gasteiger partial charge on any atom is 0.354 e. The predicted molar refractivity (Wildman–Crippen MR) is 70.1 cm³/mol. The number of carboxylic acids is 1. The van der Waals surface area contributed by atoms with E-state index in [9.17, 15) is 4.79 Å². The highest BCUT2D eigenvalue weighted by Crippen LogP contribution is 2.28. The maximum absolute atomic E-state index is 10.8. The Kier molecular flexibility index (Phi) is 3.62. The fourth-order valence-electron chi connectivity index (χ4n) is 1.40. The average molecular weight is 308 g/mol. The maximum atomic E-state index is 10.8. The summed E-state index contributed by atoms with van der Waals surface area (Å²) in [4.78, 5) is 14.5. The lowest BCUT2D eigenvalue weighted by Crippen LogP contribution is -1.99. The minimum Gasteiger partial charge on any atom is -0.477 e. The molecule has 1 heterocycles. The lowest BCUT2D eigenvalue weighted by molar-refractivity contribution is 0.0690. The molecule has 0 radical (unpaired) electrons. The summed E-state index contributed by atoms with van der Waals surface area (Å²) in [5.74, 6) is 0.0435. The van der Waals surface area contributed by atoms with Crippen LogP contribution in [0.25, 0.3) is 0 Å². The summed E-state index contributed by atoms with van der Waals surface area (Å²) in [6.07, 6.45) is 1.41. The van der Waals surface area contributed by atoms with Gasteiger partial charge in [-0.2, -0.15) is 0 Å². The van der Waals surface area contributed by atoms with Gasteiger partial charge in [0.15, 0.2) is 5.69 Å². The van der Waals surface area contributed by atoms with Gasteiger partial charge in [0, 0.05) is 16.7 Å². The molecule has 92 valence electrons. The number of hydrogen-bond donors (Lipinski definition) is 1. The van der Waals surface area contributed by atoms with Gasteiger partial charge in [-0.1, -0.05) is 22.0 Å². The zero-order valence-electron chi connectivity index (χ0n) is 9.55. The smallest absolute Gasteiger partial charge is 0.354 e. The van der Waals surface area contributed by atoms with E-state index in [0.717, 1.165) is 10.0 Å². The van der Waals surface area contributed by atoms with Crippen molar-refractivity contribution < 1.29 is 14.6 Å². The predicted octanol–water partition coefficient (Wildman–Crippen LogP) is 3.64. The molecule has 2 rings (SSSR count). The Morgan fingerprint density at radius 2 is 2.11 bits per heavy atom. The van der Waals surface area contributed by atoms with Crippen LogP contribution in [0, 0.1) is 6.92 Å². The van der Waals surface area contributed by atoms with Crippen molar-refractivity contribution in [3.05, 3.63) is 52.3 Å². The van der Waals surface area contributed by atoms with Gasteiger partial charge >= 0.3 is 5.97 Å². The van der Waals surface area contributed by atoms with Gasteiger partial charge in [0.05, 0.1) is 0 Å². The highest BCUT2D eigenvalue weighted by Gasteiger charge is 2.07. The van der Waals surface area contributed by atoms with Crippen molar-refractivity contribution in [1.29, 1.82) is 0 Å². The monoisotopic (exact) mass is 307 g/mol. The minimum absolute atomic E-state index is 0.0415. The van der Waals surface area contributed by atoms with Gasteiger partial charge in [0.2, 0.25) is 0 Å². The van der Waals surface area contributed by atoms with E-state index in [-0.39, 0.29) is 5.69 Å². The molecule has 18 heavy (non-hydrogen) atoms. The van der Waals surface area contributed by atoms with Crippen molar-refractivity contribution in [2.24, 2.45) is 0 Å². The van der Waals surface area contributed by atoms with E-state index < -0.39 is 5.97 Å². The Morgan fingerprint density at radius 3 is 2.83 bits per heavy atom. The van der Waals surface area contributed by atoms with Crippen molar-refractivity contribution in [2.45, 2.75) is 6.92 Å². The van der Waals surface area contributed by atoms with Gasteiger partial charge < -0.3 is 9.84 Å². The van der Waals surface area contributed by atoms with Crippen molar-refractivity contribution >= 4 is 21.9 Å². The van der Waals surface area contributed by atoms with Crippen LogP contribution in [0.5, 0.6) is 11.5 Å². The molecule has 1 N–H and O–H groups in total. The highest BCUT2D eigenvalue weighted by atomic mass is 79.9. The zero-order valence-corrected chi connectivity index (χ0v) is 11.1. The zero-order chi connectivity index (χ0) is 13.1. The highest BCUT2D eigenvalue weighted by molar-refractivity contribution is 9.10. The van der Waals surface area contributed by atoms with E-state index in [2.05, 4.69) is 20.9 Å². The van der Waals surface area contributed by atoms with Crippen LogP contribution in [0.3, 0.4) is 0 Å². The third-order valence-electron chi connectivity index (χ3n) is 2.33. The van der Waals surface area contributed by atoms with E-state index >= 15 is 0 Å². The third-order valence-corrected chi connectivity index (χ3v) is 2.82. The van der Waals surface area contributed by atoms with E-state index in [0.29, 0.717) is 11.5 Å². The second-order valence-corrected chi connectivity index (χ2v) is 4.61. The second kappa shape index (κ2) is 5.18. The number of benzene rings is 1. The molecule has 1 aromatic heterocycles. The lowest BCUT2D eigenvalue weighted by Gasteiger charge is -2.09. The van der Waals surface area contributed by atoms with Crippen molar-refractivity contribution in [3.8, 4) is 11.5 Å². The van der Waals surface area contributed by atoms with E-state index in [1.807, 2.05) is 25.1 Å². The fraction of sp³-hybridized carbons (Fsp3) is 0.0769. The van der Waals surface area contributed by atoms with Crippen LogP contribution < -0.4 is 4.74 Å². The quantitative estimate of drug-likeness (QED) is 0.940. The van der Waals surface area contributed by atoms with E-state index in [1.165, 1.54) is 12.3 Å². The van der Waals surface area contributed by atoms with Crippen LogP contribution in [0.2, 0.25) is 0 Å². The van der Waals surface area contributed by atoms with Gasteiger partial charge in [0.25, 0.3) is 0 Å². The molecule has 2 aromatic rings. The molecule has 0 saturated carbocycles. The molecule has 5 heteroatoms. The first-order valence-electron chi connectivity index (χ1n) is 5.19. The number of aryl methyl sites for hydroxylation is 1. The molecule has 0 aliphatic rings. The molecule has 0 fully saturated rings. The standard InChI is InChI=1S/C13H10BrNO3/c1-8-2-3-9(14)6-12(8)18-10-4-5-15-11(7-10)13(16)17/h2-7H,1H3,(H,16,17). The van der Waals surface area contributed by atoms with Gasteiger partial charge in [0.1, 0.15) is 11.5 Å². The van der Waals surface area contributed by atoms with Crippen molar-refractivity contribution in [3.63, 3.8) is 0 Å². The Hall–Kier alpha value is -1.88. The molecule has 0 aliphatic carbocycles. The van der Waals surface area contributed by atoms with Crippen molar-refractivity contribution in [1.82, 2.24) is 4.98 Å². The summed E-state index contributed by atoms with van der Waals surface area (Å²) >= 11 is 3.36. The third kappa shape index (κ3) is 2.87. The number of aromatic carboxylic acids is 1. The molecule has 0 bridgehead atoms. The van der Waals surface area contributed by atoms with Gasteiger partial charge in [-0.15, -0.1) is 0 Å². The number of rotatable bonds is 3. The van der Waals surface area contributed by atoms with Gasteiger partial charge in [-0.05, 0) is 30.7 Å². The average Bonchev–Trinajstić information content (AvgIpc) is 2.34. The van der Waals surface area contributed by atoms with Crippen LogP contribution in [0.4, 0.5) is 0 Å². The summed E-state index contributed by atoms with van der Waals surface area (Å²) < 4.78 is 6.55. The number of halogens is 1. The summed E-state index contributed by atoms with van der Waals surface area (Å²) in [5.41, 5.74) is 0.923. The van der Waals surface area contributed by atoms with Gasteiger partial charge in [-0.3, -0.25) is 0 Å². The number of carbonyl (C=O) groups is 1. The molecule has 0 saturated heterocycles. The molecule has 0 amide bonds. The first-order chi connectivity index (χ1) is 8.56. The summed E-state index contributed by atoms with van der Waals surface area (Å²) in [7, 11) is 0. The number of pyridine rings is 1. The number of ether oxygens (including phenoxy) is 1. The lowest BCUT2D eigenvalue weighted by atomic mass is 10.2.